The maximum Gasteiger partial charge on any atom is 0.123 e. The van der Waals surface area contributed by atoms with E-state index in [1.165, 1.54) is 17.2 Å². The average Bonchev–Trinajstić information content (AvgIpc) is 1.61. The summed E-state index contributed by atoms with van der Waals surface area (Å²) in [5.41, 5.74) is 41.2. The zero-order valence-corrected chi connectivity index (χ0v) is 74.7. The van der Waals surface area contributed by atoms with Gasteiger partial charge in [-0.3, -0.25) is 29.9 Å². The van der Waals surface area contributed by atoms with Crippen molar-refractivity contribution >= 4 is 65.8 Å². The Labute approximate surface area is 771 Å². The molecular weight excluding hydrogens is 1620 g/mol. The third-order valence-electron chi connectivity index (χ3n) is 26.5. The van der Waals surface area contributed by atoms with Gasteiger partial charge in [0.05, 0.1) is 66.7 Å². The molecule has 0 amide bonds. The first kappa shape index (κ1) is 80.8. The van der Waals surface area contributed by atoms with Gasteiger partial charge < -0.3 is 13.7 Å². The van der Waals surface area contributed by atoms with Gasteiger partial charge in [0, 0.05) is 92.7 Å². The molecule has 14 aromatic carbocycles. The highest BCUT2D eigenvalue weighted by molar-refractivity contribution is 6.13. The Morgan fingerprint density at radius 3 is 0.880 bits per heavy atom. The number of pyridine rings is 6. The summed E-state index contributed by atoms with van der Waals surface area (Å²) in [5, 5.41) is 3.13. The predicted molar refractivity (Wildman–Crippen MR) is 549 cm³/mol. The Kier molecular flexibility index (Phi) is 19.9. The van der Waals surface area contributed by atoms with Crippen molar-refractivity contribution < 1.29 is 4.39 Å². The SMILES string of the molecule is Cc1cc(-c2ccc(-c3ccccc3-c3cc(-c4ccccc4-c4ccc(-c5cc(C(C)(C)C)ccn5)cc4-c4ccc5c(c4)c4ncccc4n5-c4ccccc4)cc(-c4ccccc4-c4ccc(-c5cc(C(C)(C)C)ccn5)cc4-c4ccc5c(c4)c4ncccc4n5-c4ccccc4)c3)c(-c3ccc4c(c3)c3ncccc3n4-c3ccccc3)c2)ncc1-c1cccc(F)c1. The zero-order valence-electron chi connectivity index (χ0n) is 74.7. The van der Waals surface area contributed by atoms with Crippen LogP contribution in [0, 0.1) is 12.7 Å². The lowest BCUT2D eigenvalue weighted by molar-refractivity contribution is 0.589. The van der Waals surface area contributed by atoms with E-state index in [2.05, 4.69) is 402 Å². The number of para-hydroxylation sites is 3. The molecule has 0 radical (unpaired) electrons. The first-order valence-corrected chi connectivity index (χ1v) is 45.4. The van der Waals surface area contributed by atoms with Crippen LogP contribution in [-0.4, -0.2) is 43.6 Å². The highest BCUT2D eigenvalue weighted by atomic mass is 19.1. The highest BCUT2D eigenvalue weighted by Gasteiger charge is 2.27. The Bertz CT molecular complexity index is 8230. The van der Waals surface area contributed by atoms with Gasteiger partial charge in [-0.2, -0.15) is 0 Å². The van der Waals surface area contributed by atoms with E-state index in [1.807, 2.05) is 61.4 Å². The maximum absolute atomic E-state index is 15.0. The van der Waals surface area contributed by atoms with E-state index in [0.29, 0.717) is 0 Å². The number of aryl methyl sites for hydroxylation is 1. The van der Waals surface area contributed by atoms with Crippen LogP contribution in [0.5, 0.6) is 0 Å². The molecule has 133 heavy (non-hydrogen) atoms. The van der Waals surface area contributed by atoms with Gasteiger partial charge in [0.25, 0.3) is 0 Å². The van der Waals surface area contributed by atoms with Gasteiger partial charge in [0.15, 0.2) is 0 Å². The molecule has 9 heterocycles. The maximum atomic E-state index is 15.0. The minimum atomic E-state index is -0.294. The largest absolute Gasteiger partial charge is 0.308 e. The number of halogens is 1. The van der Waals surface area contributed by atoms with E-state index in [4.69, 9.17) is 29.9 Å². The number of hydrogen-bond acceptors (Lipinski definition) is 6. The zero-order chi connectivity index (χ0) is 89.7. The Hall–Kier alpha value is -16.7. The summed E-state index contributed by atoms with van der Waals surface area (Å²) in [7, 11) is 0. The summed E-state index contributed by atoms with van der Waals surface area (Å²) < 4.78 is 21.9. The van der Waals surface area contributed by atoms with E-state index in [-0.39, 0.29) is 16.6 Å². The molecule has 0 saturated heterocycles. The molecule has 9 nitrogen and oxygen atoms in total. The number of nitrogens with zero attached hydrogens (tertiary/aromatic N) is 9. The third kappa shape index (κ3) is 14.6. The molecule has 9 aromatic heterocycles. The van der Waals surface area contributed by atoms with Crippen LogP contribution in [0.1, 0.15) is 58.2 Å². The molecule has 0 fully saturated rings. The molecule has 23 aromatic rings. The minimum absolute atomic E-state index is 0.118. The van der Waals surface area contributed by atoms with Gasteiger partial charge in [-0.1, -0.05) is 236 Å². The van der Waals surface area contributed by atoms with Crippen LogP contribution < -0.4 is 0 Å². The van der Waals surface area contributed by atoms with Crippen molar-refractivity contribution in [2.75, 3.05) is 0 Å². The van der Waals surface area contributed by atoms with E-state index in [0.717, 1.165) is 233 Å². The summed E-state index contributed by atoms with van der Waals surface area (Å²) in [4.78, 5) is 30.9. The normalized spacial score (nSPS) is 11.9. The fraction of sp³-hybridized carbons (Fsp3) is 0.0732. The number of fused-ring (bicyclic) bond motifs is 9. The molecule has 0 N–H and O–H groups in total. The van der Waals surface area contributed by atoms with Crippen molar-refractivity contribution in [3.63, 3.8) is 0 Å². The van der Waals surface area contributed by atoms with Gasteiger partial charge in [-0.05, 0) is 328 Å². The Morgan fingerprint density at radius 1 is 0.211 bits per heavy atom. The highest BCUT2D eigenvalue weighted by Crippen LogP contribution is 2.51. The second-order valence-electron chi connectivity index (χ2n) is 36.8. The van der Waals surface area contributed by atoms with Crippen LogP contribution >= 0.6 is 0 Å². The first-order valence-electron chi connectivity index (χ1n) is 45.4. The smallest absolute Gasteiger partial charge is 0.123 e. The van der Waals surface area contributed by atoms with Crippen molar-refractivity contribution in [3.05, 3.63) is 442 Å². The summed E-state index contributed by atoms with van der Waals surface area (Å²) in [6.45, 7) is 15.6. The summed E-state index contributed by atoms with van der Waals surface area (Å²) in [6, 6.07) is 137. The third-order valence-corrected chi connectivity index (χ3v) is 26.5. The molecule has 10 heteroatoms. The summed E-state index contributed by atoms with van der Waals surface area (Å²) >= 11 is 0. The van der Waals surface area contributed by atoms with Crippen molar-refractivity contribution in [2.24, 2.45) is 0 Å². The predicted octanol–water partition coefficient (Wildman–Crippen LogP) is 32.1. The second-order valence-corrected chi connectivity index (χ2v) is 36.8. The fourth-order valence-electron chi connectivity index (χ4n) is 19.9. The lowest BCUT2D eigenvalue weighted by Gasteiger charge is -2.21. The molecule has 23 rings (SSSR count). The van der Waals surface area contributed by atoms with Gasteiger partial charge >= 0.3 is 0 Å². The first-order chi connectivity index (χ1) is 65.0. The molecule has 0 bridgehead atoms. The van der Waals surface area contributed by atoms with Crippen molar-refractivity contribution in [2.45, 2.75) is 59.3 Å². The van der Waals surface area contributed by atoms with Crippen molar-refractivity contribution in [3.8, 4) is 162 Å². The van der Waals surface area contributed by atoms with E-state index >= 15 is 0 Å². The molecule has 0 aliphatic heterocycles. The van der Waals surface area contributed by atoms with Crippen LogP contribution in [0.3, 0.4) is 0 Å². The molecule has 0 atom stereocenters. The number of aromatic nitrogens is 9. The van der Waals surface area contributed by atoms with Gasteiger partial charge in [0.1, 0.15) is 5.82 Å². The Balaban J connectivity index is 0.763. The standard InChI is InChI=1S/C123H90FN9/c1-77-63-110(130-76-109(77)78-27-23-28-90(124)67-78)82-44-50-100(103(71-82)79-47-53-113-106(68-79)119-116(41-24-58-127-119)131(113)91-29-11-8-12-30-91)97-38-20-17-35-94(97)85-64-86(95-36-18-21-39-98(95)101-51-45-83(111-74-88(56-61-125-111)122(2,3)4)72-104(101)80-48-54-114-107(69-80)120-117(42-25-59-128-120)132(114)92-31-13-9-14-32-92)66-87(65-85)96-37-19-22-40-99(96)102-52-46-84(112-75-89(57-62-126-112)123(5,6)7)73-105(102)81-49-55-115-108(70-81)121-118(43-26-60-129-121)133(115)93-33-15-10-16-34-93/h8-76H,1-7H3. The lowest BCUT2D eigenvalue weighted by atomic mass is 9.83. The number of benzene rings is 14. The van der Waals surface area contributed by atoms with E-state index in [9.17, 15) is 4.39 Å². The fourth-order valence-corrected chi connectivity index (χ4v) is 19.9. The van der Waals surface area contributed by atoms with Crippen LogP contribution in [-0.2, 0) is 10.8 Å². The van der Waals surface area contributed by atoms with Crippen LogP contribution in [0.25, 0.3) is 228 Å². The molecule has 0 aliphatic rings. The quantitative estimate of drug-likeness (QED) is 0.0957. The number of hydrogen-bond donors (Lipinski definition) is 0. The van der Waals surface area contributed by atoms with Gasteiger partial charge in [-0.25, -0.2) is 4.39 Å². The van der Waals surface area contributed by atoms with Crippen LogP contribution in [0.15, 0.2) is 419 Å². The number of rotatable bonds is 16. The van der Waals surface area contributed by atoms with E-state index < -0.39 is 0 Å². The molecule has 0 saturated carbocycles. The lowest BCUT2D eigenvalue weighted by Crippen LogP contribution is -2.11. The molecule has 0 unspecified atom stereocenters. The molecule has 0 aliphatic carbocycles. The monoisotopic (exact) mass is 1710 g/mol. The van der Waals surface area contributed by atoms with E-state index in [1.54, 1.807) is 12.1 Å². The summed E-state index contributed by atoms with van der Waals surface area (Å²) in [6.07, 6.45) is 11.5. The Morgan fingerprint density at radius 2 is 0.534 bits per heavy atom. The van der Waals surface area contributed by atoms with Crippen LogP contribution in [0.4, 0.5) is 4.39 Å². The second kappa shape index (κ2) is 32.8. The minimum Gasteiger partial charge on any atom is -0.308 e. The van der Waals surface area contributed by atoms with Gasteiger partial charge in [0.2, 0.25) is 0 Å². The van der Waals surface area contributed by atoms with Crippen LogP contribution in [0.2, 0.25) is 0 Å². The van der Waals surface area contributed by atoms with Crippen molar-refractivity contribution in [1.29, 1.82) is 0 Å². The topological polar surface area (TPSA) is 92.1 Å². The summed E-state index contributed by atoms with van der Waals surface area (Å²) in [5.74, 6) is -0.294. The van der Waals surface area contributed by atoms with Gasteiger partial charge in [-0.15, -0.1) is 0 Å². The molecular formula is C123H90FN9. The molecule has 0 spiro atoms. The van der Waals surface area contributed by atoms with Crippen molar-refractivity contribution in [1.82, 2.24) is 43.6 Å². The molecule has 634 valence electrons. The average molecular weight is 1710 g/mol.